The fourth-order valence-corrected chi connectivity index (χ4v) is 17.3. The van der Waals surface area contributed by atoms with E-state index in [0.717, 1.165) is 83.4 Å². The average molecular weight is 1390 g/mol. The molecule has 27 nitrogen and oxygen atoms in total. The first-order chi connectivity index (χ1) is 47.8. The largest absolute Gasteiger partial charge is 0.479 e. The third-order valence-corrected chi connectivity index (χ3v) is 20.8. The molecule has 4 saturated carbocycles. The molecule has 528 valence electrons. The highest BCUT2D eigenvalue weighted by Crippen LogP contribution is 2.72. The minimum absolute atomic E-state index is 0.0240. The highest BCUT2D eigenvalue weighted by atomic mass is 32.1. The molecule has 0 radical (unpaired) electrons. The molecule has 7 aliphatic rings. The number of benzene rings is 3. The lowest BCUT2D eigenvalue weighted by Crippen LogP contribution is -2.64. The first-order valence-corrected chi connectivity index (χ1v) is 34.5. The van der Waals surface area contributed by atoms with E-state index in [1.807, 2.05) is 60.1 Å². The summed E-state index contributed by atoms with van der Waals surface area (Å²) in [6.07, 6.45) is 5.73. The number of likely N-dealkylation sites (N-methyl/N-ethyl adjacent to an activating group) is 1. The Morgan fingerprint density at radius 1 is 0.820 bits per heavy atom. The Kier molecular flexibility index (Phi) is 20.4. The molecule has 13 rings (SSSR count). The van der Waals surface area contributed by atoms with E-state index < -0.39 is 60.2 Å². The number of nitrogens with one attached hydrogen (secondary N) is 3. The number of amides is 7. The first kappa shape index (κ1) is 70.4. The lowest BCUT2D eigenvalue weighted by Gasteiger charge is -2.69. The summed E-state index contributed by atoms with van der Waals surface area (Å²) in [5.74, 6) is -4.54. The summed E-state index contributed by atoms with van der Waals surface area (Å²) in [4.78, 5) is 115. The SMILES string of the molecule is Cc1c(-c2ccc(-c3ccc4c(c3)N(C(=O)Nc3nc5ccccc5s3)CCC4)nc2C(=O)O)cnn1CC12CC3(C)CC(C)(C1)CC(OCCN(C)C(=O)OC/C=C/c1ccc(O[C@@H]4O[C@H](C(=O)O)[C@@H](O)[C@H](O)[C@H]4O)c(NC(=O)CCNC(=O)CCCCCN4C(=O)C=CC4=O)c1)(C3)C2. The van der Waals surface area contributed by atoms with Crippen LogP contribution in [-0.2, 0) is 51.1 Å². The Bertz CT molecular complexity index is 4180. The van der Waals surface area contributed by atoms with Gasteiger partial charge in [0.15, 0.2) is 16.9 Å². The Morgan fingerprint density at radius 3 is 2.34 bits per heavy atom. The van der Waals surface area contributed by atoms with Crippen molar-refractivity contribution in [1.29, 1.82) is 0 Å². The molecule has 7 atom stereocenters. The zero-order valence-corrected chi connectivity index (χ0v) is 56.8. The number of aliphatic carboxylic acids is 1. The summed E-state index contributed by atoms with van der Waals surface area (Å²) in [7, 11) is 1.63. The molecule has 6 aromatic rings. The Balaban J connectivity index is 0.650. The number of aliphatic hydroxyl groups is 3. The van der Waals surface area contributed by atoms with Crippen LogP contribution >= 0.6 is 11.3 Å². The van der Waals surface area contributed by atoms with Gasteiger partial charge in [-0.1, -0.05) is 68.0 Å². The van der Waals surface area contributed by atoms with E-state index in [2.05, 4.69) is 34.8 Å². The number of carbonyl (C=O) groups excluding carboxylic acids is 6. The van der Waals surface area contributed by atoms with E-state index in [1.165, 1.54) is 40.5 Å². The molecule has 3 aromatic carbocycles. The van der Waals surface area contributed by atoms with Crippen molar-refractivity contribution >= 4 is 91.8 Å². The number of hydrogen-bond donors (Lipinski definition) is 8. The number of rotatable bonds is 26. The van der Waals surface area contributed by atoms with Crippen LogP contribution in [0, 0.1) is 23.2 Å². The van der Waals surface area contributed by atoms with E-state index in [9.17, 15) is 63.9 Å². The first-order valence-electron chi connectivity index (χ1n) is 33.6. The summed E-state index contributed by atoms with van der Waals surface area (Å²) in [6, 6.07) is 21.2. The number of aromatic carboxylic acids is 1. The number of anilines is 3. The van der Waals surface area contributed by atoms with Gasteiger partial charge in [0.05, 0.1) is 40.0 Å². The van der Waals surface area contributed by atoms with Gasteiger partial charge in [-0.05, 0) is 147 Å². The second kappa shape index (κ2) is 29.0. The quantitative estimate of drug-likeness (QED) is 0.0187. The van der Waals surface area contributed by atoms with Crippen LogP contribution in [0.3, 0.4) is 0 Å². The van der Waals surface area contributed by atoms with Crippen LogP contribution in [0.2, 0.25) is 0 Å². The van der Waals surface area contributed by atoms with Gasteiger partial charge in [0.2, 0.25) is 18.1 Å². The van der Waals surface area contributed by atoms with E-state index in [1.54, 1.807) is 42.4 Å². The number of aliphatic hydroxyl groups excluding tert-OH is 3. The fraction of sp³-hybridized carbons (Fsp3) is 0.458. The summed E-state index contributed by atoms with van der Waals surface area (Å²) in [5.41, 5.74) is 5.27. The minimum Gasteiger partial charge on any atom is -0.479 e. The van der Waals surface area contributed by atoms with Gasteiger partial charge in [0.1, 0.15) is 30.7 Å². The number of unbranched alkanes of at least 4 members (excludes halogenated alkanes) is 2. The lowest BCUT2D eigenvalue weighted by molar-refractivity contribution is -0.271. The van der Waals surface area contributed by atoms with Gasteiger partial charge in [-0.3, -0.25) is 39.0 Å². The third-order valence-electron chi connectivity index (χ3n) is 19.8. The predicted molar refractivity (Wildman–Crippen MR) is 367 cm³/mol. The highest BCUT2D eigenvalue weighted by Gasteiger charge is 2.66. The molecule has 8 N–H and O–H groups in total. The molecular weight excluding hydrogens is 1310 g/mol. The molecule has 5 fully saturated rings. The molecule has 28 heteroatoms. The molecule has 2 unspecified atom stereocenters. The van der Waals surface area contributed by atoms with Gasteiger partial charge < -0.3 is 60.0 Å². The van der Waals surface area contributed by atoms with E-state index in [4.69, 9.17) is 29.0 Å². The van der Waals surface area contributed by atoms with Crippen molar-refractivity contribution in [2.24, 2.45) is 16.2 Å². The molecule has 4 bridgehead atoms. The molecule has 7 amide bonds. The number of aryl methyl sites for hydroxylation is 1. The summed E-state index contributed by atoms with van der Waals surface area (Å²) < 4.78 is 26.7. The van der Waals surface area contributed by atoms with E-state index >= 15 is 0 Å². The molecule has 1 saturated heterocycles. The highest BCUT2D eigenvalue weighted by molar-refractivity contribution is 7.22. The second-order valence-corrected chi connectivity index (χ2v) is 29.1. The normalized spacial score (nSPS) is 25.1. The second-order valence-electron chi connectivity index (χ2n) is 28.1. The lowest BCUT2D eigenvalue weighted by atomic mass is 9.39. The van der Waals surface area contributed by atoms with Crippen LogP contribution < -0.4 is 25.6 Å². The molecule has 100 heavy (non-hydrogen) atoms. The van der Waals surface area contributed by atoms with Gasteiger partial charge in [-0.2, -0.15) is 5.10 Å². The molecular formula is C72H82N10O17S. The maximum atomic E-state index is 13.8. The van der Waals surface area contributed by atoms with Crippen molar-refractivity contribution in [3.63, 3.8) is 0 Å². The number of ether oxygens (including phenoxy) is 4. The summed E-state index contributed by atoms with van der Waals surface area (Å²) in [6.45, 7) is 8.28. The maximum Gasteiger partial charge on any atom is 0.409 e. The number of urea groups is 1. The van der Waals surface area contributed by atoms with Crippen LogP contribution in [0.25, 0.3) is 38.7 Å². The number of hydrogen-bond acceptors (Lipinski definition) is 19. The topological polar surface area (TPSA) is 364 Å². The zero-order chi connectivity index (χ0) is 70.8. The monoisotopic (exact) mass is 1390 g/mol. The van der Waals surface area contributed by atoms with Crippen molar-refractivity contribution in [3.05, 3.63) is 120 Å². The summed E-state index contributed by atoms with van der Waals surface area (Å²) in [5, 5.41) is 65.6. The van der Waals surface area contributed by atoms with Gasteiger partial charge in [0, 0.05) is 92.8 Å². The van der Waals surface area contributed by atoms with Gasteiger partial charge >= 0.3 is 24.1 Å². The molecule has 3 aliphatic heterocycles. The summed E-state index contributed by atoms with van der Waals surface area (Å²) >= 11 is 1.41. The van der Waals surface area contributed by atoms with E-state index in [-0.39, 0.29) is 103 Å². The number of aromatic nitrogens is 4. The number of fused-ring (bicyclic) bond motifs is 2. The van der Waals surface area contributed by atoms with Crippen molar-refractivity contribution in [2.75, 3.05) is 62.0 Å². The molecule has 6 heterocycles. The van der Waals surface area contributed by atoms with Crippen molar-refractivity contribution < 1.29 is 82.8 Å². The Hall–Kier alpha value is -9.45. The number of carboxylic acid groups (broad SMARTS) is 2. The number of nitrogens with zero attached hydrogens (tertiary/aromatic N) is 7. The molecule has 4 aliphatic carbocycles. The number of imide groups is 1. The zero-order valence-electron chi connectivity index (χ0n) is 56.0. The molecule has 0 spiro atoms. The number of pyridine rings is 1. The fourth-order valence-electron chi connectivity index (χ4n) is 16.4. The molecule has 3 aromatic heterocycles. The van der Waals surface area contributed by atoms with Crippen LogP contribution in [0.1, 0.15) is 118 Å². The van der Waals surface area contributed by atoms with Crippen LogP contribution in [0.15, 0.2) is 97.2 Å². The maximum absolute atomic E-state index is 13.8. The van der Waals surface area contributed by atoms with Crippen LogP contribution in [0.4, 0.5) is 26.1 Å². The van der Waals surface area contributed by atoms with Gasteiger partial charge in [0.25, 0.3) is 11.8 Å². The smallest absolute Gasteiger partial charge is 0.409 e. The predicted octanol–water partition coefficient (Wildman–Crippen LogP) is 8.33. The van der Waals surface area contributed by atoms with E-state index in [0.29, 0.717) is 65.4 Å². The van der Waals surface area contributed by atoms with Gasteiger partial charge in [-0.25, -0.2) is 29.1 Å². The Labute approximate surface area is 580 Å². The number of para-hydroxylation sites is 1. The number of carbonyl (C=O) groups is 8. The Morgan fingerprint density at radius 2 is 1.59 bits per heavy atom. The van der Waals surface area contributed by atoms with Crippen LogP contribution in [-0.4, -0.2) is 186 Å². The standard InChI is InChI=1S/C72H82N10O17S/c1-42-47(46-20-21-48(76-58(46)63(90)91)45-19-18-44-13-10-28-80(51(44)33-45)67(94)78-66-77-49-14-7-8-15-53(49)100-66)34-74-82(42)41-71-36-69(2)35-70(3,37-71)39-72(38-69,40-71)97-31-29-79(4)68(95)96-30-11-12-43-17-22-52(98-65-61(89)59(87)60(88)62(99-65)64(92)93)50(32-43)75-55(84)25-26-73-54(83)16-6-5-9-27-81-56(85)23-24-57(81)86/h7-8,11-12,14-15,17-24,32-34,59-62,65,87-89H,5-6,9-10,13,16,25-31,35-41H2,1-4H3,(H,73,83)(H,75,84)(H,90,91)(H,92,93)(H,77,78,94)/b12-11+/t59-,60-,61+,62-,65+,69?,70?,71?,72?/m0/s1. The van der Waals surface area contributed by atoms with Gasteiger partial charge in [-0.15, -0.1) is 0 Å². The van der Waals surface area contributed by atoms with Crippen LogP contribution in [0.5, 0.6) is 5.75 Å². The number of carboxylic acids is 2. The van der Waals surface area contributed by atoms with Crippen molar-refractivity contribution in [3.8, 4) is 28.1 Å². The minimum atomic E-state index is -1.98. The third kappa shape index (κ3) is 15.5. The van der Waals surface area contributed by atoms with Crippen molar-refractivity contribution in [2.45, 2.75) is 147 Å². The number of thiazole rings is 1. The van der Waals surface area contributed by atoms with Crippen molar-refractivity contribution in [1.82, 2.24) is 34.9 Å². The average Bonchev–Trinajstić information content (AvgIpc) is 0.770.